The summed E-state index contributed by atoms with van der Waals surface area (Å²) in [5.41, 5.74) is 2.24. The number of aromatic amines is 1. The monoisotopic (exact) mass is 400 g/mol. The fourth-order valence-electron chi connectivity index (χ4n) is 4.21. The Bertz CT molecular complexity index is 1260. The van der Waals surface area contributed by atoms with Gasteiger partial charge in [-0.1, -0.05) is 18.0 Å². The van der Waals surface area contributed by atoms with Gasteiger partial charge in [0.05, 0.1) is 29.7 Å². The van der Waals surface area contributed by atoms with Crippen molar-refractivity contribution >= 4 is 22.4 Å². The first kappa shape index (κ1) is 18.2. The van der Waals surface area contributed by atoms with Gasteiger partial charge < -0.3 is 14.8 Å². The topological polar surface area (TPSA) is 113 Å². The summed E-state index contributed by atoms with van der Waals surface area (Å²) in [6.07, 6.45) is 7.08. The molecule has 2 atom stereocenters. The standard InChI is InChI=1S/C22H20N6O2/c23-13-15-3-1-2-4-17(15)28-18-9-11-24-22(29)20(18)21(27-28)26-16-7-5-14(6-8-16)19-10-12-25-30-19/h5-12,15,17H,1-4H2,(H,24,29)(H,26,27). The van der Waals surface area contributed by atoms with Crippen molar-refractivity contribution in [3.63, 3.8) is 0 Å². The number of aromatic nitrogens is 4. The lowest BCUT2D eigenvalue weighted by Crippen LogP contribution is -2.23. The number of rotatable bonds is 4. The van der Waals surface area contributed by atoms with E-state index in [0.29, 0.717) is 17.0 Å². The predicted molar refractivity (Wildman–Crippen MR) is 112 cm³/mol. The molecule has 0 saturated heterocycles. The number of benzene rings is 1. The third kappa shape index (κ3) is 3.14. The zero-order chi connectivity index (χ0) is 20.5. The lowest BCUT2D eigenvalue weighted by molar-refractivity contribution is 0.277. The number of nitriles is 1. The molecule has 150 valence electrons. The Hall–Kier alpha value is -3.86. The van der Waals surface area contributed by atoms with E-state index >= 15 is 0 Å². The van der Waals surface area contributed by atoms with E-state index in [1.807, 2.05) is 35.0 Å². The molecule has 0 radical (unpaired) electrons. The van der Waals surface area contributed by atoms with Gasteiger partial charge >= 0.3 is 0 Å². The van der Waals surface area contributed by atoms with E-state index in [2.05, 4.69) is 21.5 Å². The second kappa shape index (κ2) is 7.52. The zero-order valence-electron chi connectivity index (χ0n) is 16.2. The second-order valence-corrected chi connectivity index (χ2v) is 7.53. The summed E-state index contributed by atoms with van der Waals surface area (Å²) in [5.74, 6) is 1.07. The number of hydrogen-bond acceptors (Lipinski definition) is 6. The van der Waals surface area contributed by atoms with Crippen LogP contribution in [0.2, 0.25) is 0 Å². The molecule has 0 spiro atoms. The van der Waals surface area contributed by atoms with Gasteiger partial charge in [-0.2, -0.15) is 10.4 Å². The molecule has 1 saturated carbocycles. The van der Waals surface area contributed by atoms with Crippen molar-refractivity contribution in [3.05, 3.63) is 59.1 Å². The molecule has 5 rings (SSSR count). The molecule has 8 heteroatoms. The highest BCUT2D eigenvalue weighted by Crippen LogP contribution is 2.36. The van der Waals surface area contributed by atoms with Crippen molar-refractivity contribution in [1.29, 1.82) is 5.26 Å². The highest BCUT2D eigenvalue weighted by atomic mass is 16.5. The van der Waals surface area contributed by atoms with Crippen molar-refractivity contribution in [2.24, 2.45) is 5.92 Å². The molecule has 1 aliphatic rings. The molecule has 30 heavy (non-hydrogen) atoms. The molecular weight excluding hydrogens is 380 g/mol. The highest BCUT2D eigenvalue weighted by Gasteiger charge is 2.29. The van der Waals surface area contributed by atoms with Crippen LogP contribution in [0.5, 0.6) is 0 Å². The fourth-order valence-corrected chi connectivity index (χ4v) is 4.21. The predicted octanol–water partition coefficient (Wildman–Crippen LogP) is 4.38. The van der Waals surface area contributed by atoms with Crippen LogP contribution in [-0.2, 0) is 0 Å². The number of hydrogen-bond donors (Lipinski definition) is 2. The van der Waals surface area contributed by atoms with E-state index in [1.54, 1.807) is 18.5 Å². The van der Waals surface area contributed by atoms with E-state index in [-0.39, 0.29) is 17.5 Å². The Kier molecular flexibility index (Phi) is 4.56. The summed E-state index contributed by atoms with van der Waals surface area (Å²) in [7, 11) is 0. The number of fused-ring (bicyclic) bond motifs is 1. The third-order valence-corrected chi connectivity index (χ3v) is 5.71. The molecule has 3 aromatic heterocycles. The Morgan fingerprint density at radius 2 is 2.00 bits per heavy atom. The Balaban J connectivity index is 1.53. The van der Waals surface area contributed by atoms with Crippen LogP contribution in [0.25, 0.3) is 22.2 Å². The summed E-state index contributed by atoms with van der Waals surface area (Å²) in [6.45, 7) is 0. The molecule has 4 aromatic rings. The van der Waals surface area contributed by atoms with Crippen LogP contribution in [0.3, 0.4) is 0 Å². The van der Waals surface area contributed by atoms with Gasteiger partial charge in [0.1, 0.15) is 5.39 Å². The fraction of sp³-hybridized carbons (Fsp3) is 0.273. The van der Waals surface area contributed by atoms with Crippen LogP contribution in [0.1, 0.15) is 31.7 Å². The van der Waals surface area contributed by atoms with E-state index in [9.17, 15) is 10.1 Å². The van der Waals surface area contributed by atoms with Crippen LogP contribution in [0.4, 0.5) is 11.5 Å². The highest BCUT2D eigenvalue weighted by molar-refractivity contribution is 5.91. The SMILES string of the molecule is N#CC1CCCCC1n1nc(Nc2ccc(-c3ccno3)cc2)c2c(=O)[nH]ccc21. The number of nitrogens with zero attached hydrogens (tertiary/aromatic N) is 4. The minimum atomic E-state index is -0.205. The molecule has 0 bridgehead atoms. The molecule has 1 aromatic carbocycles. The molecule has 1 fully saturated rings. The summed E-state index contributed by atoms with van der Waals surface area (Å²) < 4.78 is 7.05. The van der Waals surface area contributed by atoms with Gasteiger partial charge in [-0.25, -0.2) is 0 Å². The van der Waals surface area contributed by atoms with Crippen molar-refractivity contribution in [3.8, 4) is 17.4 Å². The molecule has 3 heterocycles. The molecule has 2 unspecified atom stereocenters. The molecular formula is C22H20N6O2. The first-order valence-electron chi connectivity index (χ1n) is 10.0. The third-order valence-electron chi connectivity index (χ3n) is 5.71. The molecule has 1 aliphatic carbocycles. The van der Waals surface area contributed by atoms with Crippen LogP contribution in [0.15, 0.2) is 58.1 Å². The molecule has 2 N–H and O–H groups in total. The molecule has 0 aliphatic heterocycles. The number of anilines is 2. The Morgan fingerprint density at radius 3 is 2.77 bits per heavy atom. The van der Waals surface area contributed by atoms with Gasteiger partial charge in [0.25, 0.3) is 5.56 Å². The van der Waals surface area contributed by atoms with Gasteiger partial charge in [-0.05, 0) is 43.2 Å². The van der Waals surface area contributed by atoms with Crippen molar-refractivity contribution in [1.82, 2.24) is 19.9 Å². The van der Waals surface area contributed by atoms with E-state index < -0.39 is 0 Å². The maximum Gasteiger partial charge on any atom is 0.261 e. The first-order chi connectivity index (χ1) is 14.7. The number of H-pyrrole nitrogens is 1. The van der Waals surface area contributed by atoms with E-state index in [0.717, 1.165) is 42.5 Å². The van der Waals surface area contributed by atoms with Crippen molar-refractivity contribution < 1.29 is 4.52 Å². The van der Waals surface area contributed by atoms with E-state index in [4.69, 9.17) is 9.62 Å². The van der Waals surface area contributed by atoms with Crippen LogP contribution < -0.4 is 10.9 Å². The van der Waals surface area contributed by atoms with E-state index in [1.165, 1.54) is 0 Å². The minimum Gasteiger partial charge on any atom is -0.356 e. The molecule has 0 amide bonds. The average molecular weight is 400 g/mol. The largest absolute Gasteiger partial charge is 0.356 e. The maximum absolute atomic E-state index is 12.6. The van der Waals surface area contributed by atoms with Crippen LogP contribution in [0, 0.1) is 17.2 Å². The van der Waals surface area contributed by atoms with Crippen LogP contribution in [-0.4, -0.2) is 19.9 Å². The second-order valence-electron chi connectivity index (χ2n) is 7.53. The summed E-state index contributed by atoms with van der Waals surface area (Å²) >= 11 is 0. The first-order valence-corrected chi connectivity index (χ1v) is 10.0. The lowest BCUT2D eigenvalue weighted by atomic mass is 9.85. The summed E-state index contributed by atoms with van der Waals surface area (Å²) in [6, 6.07) is 13.7. The summed E-state index contributed by atoms with van der Waals surface area (Å²) in [4.78, 5) is 15.3. The average Bonchev–Trinajstić information content (AvgIpc) is 3.44. The van der Waals surface area contributed by atoms with Gasteiger partial charge in [0.2, 0.25) is 0 Å². The normalized spacial score (nSPS) is 18.9. The number of nitrogens with one attached hydrogen (secondary N) is 2. The van der Waals surface area contributed by atoms with Crippen molar-refractivity contribution in [2.75, 3.05) is 5.32 Å². The Morgan fingerprint density at radius 1 is 1.17 bits per heavy atom. The maximum atomic E-state index is 12.6. The summed E-state index contributed by atoms with van der Waals surface area (Å²) in [5, 5.41) is 21.9. The van der Waals surface area contributed by atoms with Gasteiger partial charge in [-0.3, -0.25) is 9.48 Å². The van der Waals surface area contributed by atoms with Gasteiger partial charge in [0, 0.05) is 23.5 Å². The quantitative estimate of drug-likeness (QED) is 0.526. The lowest BCUT2D eigenvalue weighted by Gasteiger charge is -2.27. The smallest absolute Gasteiger partial charge is 0.261 e. The van der Waals surface area contributed by atoms with Crippen LogP contribution >= 0.6 is 0 Å². The zero-order valence-corrected chi connectivity index (χ0v) is 16.2. The van der Waals surface area contributed by atoms with Crippen molar-refractivity contribution in [2.45, 2.75) is 31.7 Å². The Labute approximate surface area is 172 Å². The van der Waals surface area contributed by atoms with Gasteiger partial charge in [0.15, 0.2) is 11.6 Å². The molecule has 8 nitrogen and oxygen atoms in total. The van der Waals surface area contributed by atoms with Gasteiger partial charge in [-0.15, -0.1) is 0 Å². The minimum absolute atomic E-state index is 0.0302. The number of pyridine rings is 1.